The fourth-order valence-corrected chi connectivity index (χ4v) is 3.62. The van der Waals surface area contributed by atoms with E-state index in [0.29, 0.717) is 12.1 Å². The number of carbonyl (C=O) groups is 1. The number of rotatable bonds is 7. The van der Waals surface area contributed by atoms with Crippen molar-refractivity contribution in [3.8, 4) is 0 Å². The highest BCUT2D eigenvalue weighted by Gasteiger charge is 2.26. The van der Waals surface area contributed by atoms with Crippen LogP contribution in [0.2, 0.25) is 0 Å². The van der Waals surface area contributed by atoms with Crippen molar-refractivity contribution in [1.82, 2.24) is 20.4 Å². The Bertz CT molecular complexity index is 445. The summed E-state index contributed by atoms with van der Waals surface area (Å²) in [5.41, 5.74) is 0. The monoisotopic (exact) mass is 351 g/mol. The van der Waals surface area contributed by atoms with E-state index in [9.17, 15) is 4.79 Å². The molecule has 1 aliphatic heterocycles. The molecule has 0 radical (unpaired) electrons. The summed E-state index contributed by atoms with van der Waals surface area (Å²) >= 11 is 0. The van der Waals surface area contributed by atoms with Crippen molar-refractivity contribution in [2.24, 2.45) is 10.9 Å². The second kappa shape index (κ2) is 10.00. The second-order valence-electron chi connectivity index (χ2n) is 7.95. The lowest BCUT2D eigenvalue weighted by Gasteiger charge is -2.23. The van der Waals surface area contributed by atoms with Crippen LogP contribution in [-0.2, 0) is 4.79 Å². The van der Waals surface area contributed by atoms with Gasteiger partial charge in [0.15, 0.2) is 5.96 Å². The van der Waals surface area contributed by atoms with Gasteiger partial charge in [0, 0.05) is 45.8 Å². The number of nitrogens with one attached hydrogen (secondary N) is 2. The van der Waals surface area contributed by atoms with Gasteiger partial charge in [-0.25, -0.2) is 4.99 Å². The van der Waals surface area contributed by atoms with Crippen LogP contribution in [0.15, 0.2) is 4.99 Å². The van der Waals surface area contributed by atoms with Gasteiger partial charge in [-0.1, -0.05) is 19.8 Å². The smallest absolute Gasteiger partial charge is 0.243 e. The average Bonchev–Trinajstić information content (AvgIpc) is 3.24. The molecule has 2 rings (SSSR count). The van der Waals surface area contributed by atoms with Gasteiger partial charge in [0.05, 0.1) is 0 Å². The Morgan fingerprint density at radius 2 is 2.00 bits per heavy atom. The number of likely N-dealkylation sites (tertiary alicyclic amines) is 1. The largest absolute Gasteiger partial charge is 0.354 e. The van der Waals surface area contributed by atoms with Gasteiger partial charge in [0.2, 0.25) is 5.91 Å². The Balaban J connectivity index is 1.85. The van der Waals surface area contributed by atoms with Crippen LogP contribution in [0.4, 0.5) is 0 Å². The first kappa shape index (κ1) is 20.0. The van der Waals surface area contributed by atoms with E-state index in [2.05, 4.69) is 34.4 Å². The third-order valence-electron chi connectivity index (χ3n) is 5.47. The van der Waals surface area contributed by atoms with Gasteiger partial charge in [-0.2, -0.15) is 0 Å². The Morgan fingerprint density at radius 3 is 2.64 bits per heavy atom. The van der Waals surface area contributed by atoms with E-state index in [1.54, 1.807) is 19.0 Å². The first-order valence-corrected chi connectivity index (χ1v) is 9.98. The molecule has 6 nitrogen and oxygen atoms in total. The van der Waals surface area contributed by atoms with Crippen LogP contribution in [0.3, 0.4) is 0 Å². The van der Waals surface area contributed by atoms with Crippen LogP contribution in [0.25, 0.3) is 0 Å². The maximum atomic E-state index is 11.8. The van der Waals surface area contributed by atoms with Gasteiger partial charge in [-0.3, -0.25) is 4.79 Å². The summed E-state index contributed by atoms with van der Waals surface area (Å²) in [4.78, 5) is 20.5. The van der Waals surface area contributed by atoms with E-state index in [-0.39, 0.29) is 12.5 Å². The summed E-state index contributed by atoms with van der Waals surface area (Å²) in [6.45, 7) is 7.99. The lowest BCUT2D eigenvalue weighted by molar-refractivity contribution is -0.127. The molecular formula is C19H37N5O. The molecule has 2 unspecified atom stereocenters. The maximum Gasteiger partial charge on any atom is 0.243 e. The molecule has 2 fully saturated rings. The molecule has 2 N–H and O–H groups in total. The van der Waals surface area contributed by atoms with Gasteiger partial charge in [0.1, 0.15) is 6.54 Å². The average molecular weight is 352 g/mol. The van der Waals surface area contributed by atoms with Crippen molar-refractivity contribution in [1.29, 1.82) is 0 Å². The zero-order chi connectivity index (χ0) is 18.2. The van der Waals surface area contributed by atoms with E-state index in [4.69, 9.17) is 0 Å². The summed E-state index contributed by atoms with van der Waals surface area (Å²) in [5.74, 6) is 1.71. The number of nitrogens with zero attached hydrogens (tertiary/aromatic N) is 3. The lowest BCUT2D eigenvalue weighted by atomic mass is 10.1. The number of hydrogen-bond donors (Lipinski definition) is 2. The molecule has 1 saturated heterocycles. The fourth-order valence-electron chi connectivity index (χ4n) is 3.62. The fraction of sp³-hybridized carbons (Fsp3) is 0.895. The van der Waals surface area contributed by atoms with Gasteiger partial charge >= 0.3 is 0 Å². The summed E-state index contributed by atoms with van der Waals surface area (Å²) in [6.07, 6.45) is 7.81. The third kappa shape index (κ3) is 6.84. The lowest BCUT2D eigenvalue weighted by Crippen LogP contribution is -2.48. The highest BCUT2D eigenvalue weighted by molar-refractivity contribution is 5.85. The normalized spacial score (nSPS) is 23.7. The Morgan fingerprint density at radius 1 is 1.28 bits per heavy atom. The van der Waals surface area contributed by atoms with Crippen molar-refractivity contribution in [2.45, 2.75) is 64.5 Å². The van der Waals surface area contributed by atoms with Gasteiger partial charge in [-0.05, 0) is 38.5 Å². The minimum Gasteiger partial charge on any atom is -0.354 e. The SMILES string of the molecule is CCC(C)NC(=NCC(=O)N(C)C)NC1CCN(CC2CCCC2)C1. The van der Waals surface area contributed by atoms with Crippen molar-refractivity contribution in [2.75, 3.05) is 40.3 Å². The molecule has 6 heteroatoms. The zero-order valence-electron chi connectivity index (χ0n) is 16.6. The van der Waals surface area contributed by atoms with Crippen LogP contribution in [0, 0.1) is 5.92 Å². The number of amides is 1. The summed E-state index contributed by atoms with van der Waals surface area (Å²) < 4.78 is 0. The second-order valence-corrected chi connectivity index (χ2v) is 7.95. The molecule has 1 aliphatic carbocycles. The van der Waals surface area contributed by atoms with Crippen molar-refractivity contribution in [3.05, 3.63) is 0 Å². The zero-order valence-corrected chi connectivity index (χ0v) is 16.6. The molecule has 0 aromatic rings. The predicted octanol–water partition coefficient (Wildman–Crippen LogP) is 1.67. The molecule has 1 heterocycles. The number of guanidine groups is 1. The maximum absolute atomic E-state index is 11.8. The van der Waals surface area contributed by atoms with E-state index in [0.717, 1.165) is 31.3 Å². The summed E-state index contributed by atoms with van der Waals surface area (Å²) in [7, 11) is 3.54. The molecule has 25 heavy (non-hydrogen) atoms. The van der Waals surface area contributed by atoms with E-state index < -0.39 is 0 Å². The first-order valence-electron chi connectivity index (χ1n) is 9.98. The summed E-state index contributed by atoms with van der Waals surface area (Å²) in [5, 5.41) is 6.98. The van der Waals surface area contributed by atoms with Crippen LogP contribution in [0.5, 0.6) is 0 Å². The van der Waals surface area contributed by atoms with Gasteiger partial charge in [0.25, 0.3) is 0 Å². The van der Waals surface area contributed by atoms with Crippen LogP contribution < -0.4 is 10.6 Å². The van der Waals surface area contributed by atoms with Gasteiger partial charge < -0.3 is 20.4 Å². The molecular weight excluding hydrogens is 314 g/mol. The Hall–Kier alpha value is -1.30. The van der Waals surface area contributed by atoms with Crippen LogP contribution in [-0.4, -0.2) is 74.0 Å². The third-order valence-corrected chi connectivity index (χ3v) is 5.47. The molecule has 0 spiro atoms. The molecule has 2 aliphatic rings. The van der Waals surface area contributed by atoms with Crippen LogP contribution in [0.1, 0.15) is 52.4 Å². The molecule has 2 atom stereocenters. The predicted molar refractivity (Wildman–Crippen MR) is 104 cm³/mol. The van der Waals surface area contributed by atoms with Crippen molar-refractivity contribution < 1.29 is 4.79 Å². The first-order chi connectivity index (χ1) is 12.0. The number of hydrogen-bond acceptors (Lipinski definition) is 3. The summed E-state index contributed by atoms with van der Waals surface area (Å²) in [6, 6.07) is 0.767. The van der Waals surface area contributed by atoms with E-state index >= 15 is 0 Å². The topological polar surface area (TPSA) is 60.0 Å². The van der Waals surface area contributed by atoms with Crippen molar-refractivity contribution in [3.63, 3.8) is 0 Å². The van der Waals surface area contributed by atoms with E-state index in [1.807, 2.05) is 0 Å². The molecule has 0 bridgehead atoms. The van der Waals surface area contributed by atoms with Gasteiger partial charge in [-0.15, -0.1) is 0 Å². The quantitative estimate of drug-likeness (QED) is 0.541. The molecule has 144 valence electrons. The Labute approximate surface area is 153 Å². The number of aliphatic imine (C=N–C) groups is 1. The Kier molecular flexibility index (Phi) is 8.00. The van der Waals surface area contributed by atoms with Crippen LogP contribution >= 0.6 is 0 Å². The molecule has 0 aromatic heterocycles. The molecule has 1 amide bonds. The highest BCUT2D eigenvalue weighted by atomic mass is 16.2. The number of likely N-dealkylation sites (N-methyl/N-ethyl adjacent to an activating group) is 1. The minimum atomic E-state index is 0.0273. The minimum absolute atomic E-state index is 0.0273. The van der Waals surface area contributed by atoms with E-state index in [1.165, 1.54) is 38.8 Å². The number of carbonyl (C=O) groups excluding carboxylic acids is 1. The highest BCUT2D eigenvalue weighted by Crippen LogP contribution is 2.26. The molecule has 0 aromatic carbocycles. The van der Waals surface area contributed by atoms with Crippen molar-refractivity contribution >= 4 is 11.9 Å². The standard InChI is InChI=1S/C19H37N5O/c1-5-15(2)21-19(20-12-18(25)23(3)4)22-17-10-11-24(14-17)13-16-8-6-7-9-16/h15-17H,5-14H2,1-4H3,(H2,20,21,22). The molecule has 1 saturated carbocycles.